The lowest BCUT2D eigenvalue weighted by atomic mass is 9.87. The number of allylic oxidation sites excluding steroid dienone is 2. The van der Waals surface area contributed by atoms with E-state index < -0.39 is 35.4 Å². The molecule has 2 atom stereocenters. The summed E-state index contributed by atoms with van der Waals surface area (Å²) in [6.45, 7) is -0.634. The van der Waals surface area contributed by atoms with Crippen LogP contribution in [0, 0.1) is 5.92 Å². The molecule has 1 rings (SSSR count). The molecular formula is C10H9ClF3NO3. The number of hydrogen-bond donors (Lipinski definition) is 2. The summed E-state index contributed by atoms with van der Waals surface area (Å²) in [5.41, 5.74) is 0. The minimum atomic E-state index is -5.03. The quantitative estimate of drug-likeness (QED) is 0.771. The molecule has 0 aromatic rings. The van der Waals surface area contributed by atoms with Gasteiger partial charge in [0.15, 0.2) is 0 Å². The minimum Gasteiger partial charge on any atom is -0.481 e. The van der Waals surface area contributed by atoms with E-state index in [1.54, 1.807) is 5.32 Å². The summed E-state index contributed by atoms with van der Waals surface area (Å²) in [5.74, 6) is -4.65. The molecule has 0 heterocycles. The van der Waals surface area contributed by atoms with Gasteiger partial charge >= 0.3 is 18.1 Å². The van der Waals surface area contributed by atoms with Gasteiger partial charge in [0, 0.05) is 6.54 Å². The highest BCUT2D eigenvalue weighted by molar-refractivity contribution is 6.27. The Balaban J connectivity index is 2.75. The fraction of sp³-hybridized carbons (Fsp3) is 0.400. The Bertz CT molecular complexity index is 419. The van der Waals surface area contributed by atoms with Gasteiger partial charge in [0.25, 0.3) is 0 Å². The molecule has 0 spiro atoms. The molecule has 0 bridgehead atoms. The topological polar surface area (TPSA) is 66.4 Å². The Kier molecular flexibility index (Phi) is 4.05. The van der Waals surface area contributed by atoms with E-state index in [2.05, 4.69) is 0 Å². The molecule has 2 N–H and O–H groups in total. The highest BCUT2D eigenvalue weighted by atomic mass is 35.5. The van der Waals surface area contributed by atoms with Gasteiger partial charge in [0.1, 0.15) is 0 Å². The minimum absolute atomic E-state index is 0.634. The Morgan fingerprint density at radius 1 is 1.39 bits per heavy atom. The second-order valence-electron chi connectivity index (χ2n) is 3.67. The molecule has 8 heteroatoms. The molecule has 0 aromatic heterocycles. The number of alkyl halides is 4. The van der Waals surface area contributed by atoms with Gasteiger partial charge < -0.3 is 10.4 Å². The van der Waals surface area contributed by atoms with Crippen LogP contribution in [0.5, 0.6) is 0 Å². The predicted molar refractivity (Wildman–Crippen MR) is 57.1 cm³/mol. The molecule has 1 amide bonds. The summed E-state index contributed by atoms with van der Waals surface area (Å²) in [4.78, 5) is 19.9. The van der Waals surface area contributed by atoms with Gasteiger partial charge in [0.05, 0.1) is 10.8 Å². The zero-order valence-corrected chi connectivity index (χ0v) is 9.63. The number of carboxylic acids is 1. The molecule has 0 fully saturated rings. The smallest absolute Gasteiger partial charge is 0.471 e. The van der Waals surface area contributed by atoms with E-state index in [-0.39, 0.29) is 0 Å². The first-order chi connectivity index (χ1) is 8.17. The van der Waals surface area contributed by atoms with Crippen LogP contribution in [0.3, 0.4) is 0 Å². The summed E-state index contributed by atoms with van der Waals surface area (Å²) >= 11 is 5.93. The Morgan fingerprint density at radius 3 is 2.50 bits per heavy atom. The van der Waals surface area contributed by atoms with Gasteiger partial charge in [-0.15, -0.1) is 11.6 Å². The second-order valence-corrected chi connectivity index (χ2v) is 4.37. The summed E-state index contributed by atoms with van der Waals surface area (Å²) < 4.78 is 35.9. The number of carbonyl (C=O) groups is 2. The lowest BCUT2D eigenvalue weighted by Crippen LogP contribution is -2.48. The molecular weight excluding hydrogens is 275 g/mol. The highest BCUT2D eigenvalue weighted by Crippen LogP contribution is 2.31. The normalized spacial score (nSPS) is 27.0. The third-order valence-electron chi connectivity index (χ3n) is 2.35. The molecule has 18 heavy (non-hydrogen) atoms. The number of carboxylic acid groups (broad SMARTS) is 1. The van der Waals surface area contributed by atoms with Crippen molar-refractivity contribution in [3.63, 3.8) is 0 Å². The fourth-order valence-electron chi connectivity index (χ4n) is 1.43. The van der Waals surface area contributed by atoms with E-state index in [9.17, 15) is 22.8 Å². The van der Waals surface area contributed by atoms with Crippen LogP contribution in [0.4, 0.5) is 13.2 Å². The van der Waals surface area contributed by atoms with Crippen LogP contribution in [0.25, 0.3) is 0 Å². The van der Waals surface area contributed by atoms with Crippen LogP contribution in [-0.2, 0) is 9.59 Å². The number of halogens is 4. The van der Waals surface area contributed by atoms with Gasteiger partial charge in [0.2, 0.25) is 0 Å². The Hall–Kier alpha value is -1.50. The maximum absolute atomic E-state index is 12.0. The maximum atomic E-state index is 12.0. The van der Waals surface area contributed by atoms with Crippen molar-refractivity contribution < 1.29 is 27.9 Å². The van der Waals surface area contributed by atoms with Crippen molar-refractivity contribution in [3.8, 4) is 0 Å². The van der Waals surface area contributed by atoms with E-state index in [1.807, 2.05) is 0 Å². The number of rotatable bonds is 3. The average Bonchev–Trinajstić information content (AvgIpc) is 2.24. The standard InChI is InChI=1S/C10H9ClF3NO3/c11-9(5-15-8(18)10(12,13)14)4-2-1-3-6(9)7(16)17/h1-4,6H,5H2,(H,15,18)(H,16,17). The summed E-state index contributed by atoms with van der Waals surface area (Å²) in [6.07, 6.45) is 0.288. The van der Waals surface area contributed by atoms with Crippen LogP contribution >= 0.6 is 11.6 Å². The van der Waals surface area contributed by atoms with E-state index in [1.165, 1.54) is 24.3 Å². The van der Waals surface area contributed by atoms with Crippen molar-refractivity contribution in [2.24, 2.45) is 5.92 Å². The SMILES string of the molecule is O=C(O)C1C=CC=CC1(Cl)CNC(=O)C(F)(F)F. The van der Waals surface area contributed by atoms with Crippen molar-refractivity contribution >= 4 is 23.5 Å². The molecule has 4 nitrogen and oxygen atoms in total. The average molecular weight is 284 g/mol. The van der Waals surface area contributed by atoms with Gasteiger partial charge in [-0.3, -0.25) is 9.59 Å². The number of aliphatic carboxylic acids is 1. The lowest BCUT2D eigenvalue weighted by Gasteiger charge is -2.30. The maximum Gasteiger partial charge on any atom is 0.471 e. The number of nitrogens with one attached hydrogen (secondary N) is 1. The zero-order valence-electron chi connectivity index (χ0n) is 8.87. The van der Waals surface area contributed by atoms with Crippen LogP contribution < -0.4 is 5.32 Å². The van der Waals surface area contributed by atoms with Crippen molar-refractivity contribution in [1.29, 1.82) is 0 Å². The molecule has 0 radical (unpaired) electrons. The van der Waals surface area contributed by atoms with Crippen molar-refractivity contribution in [2.75, 3.05) is 6.54 Å². The summed E-state index contributed by atoms with van der Waals surface area (Å²) in [6, 6.07) is 0. The first kappa shape index (κ1) is 14.6. The molecule has 1 aliphatic carbocycles. The van der Waals surface area contributed by atoms with Crippen molar-refractivity contribution in [3.05, 3.63) is 24.3 Å². The van der Waals surface area contributed by atoms with E-state index in [4.69, 9.17) is 16.7 Å². The van der Waals surface area contributed by atoms with Crippen LogP contribution in [0.15, 0.2) is 24.3 Å². The fourth-order valence-corrected chi connectivity index (χ4v) is 1.73. The van der Waals surface area contributed by atoms with Crippen molar-refractivity contribution in [1.82, 2.24) is 5.32 Å². The molecule has 0 aromatic carbocycles. The molecule has 1 aliphatic rings. The van der Waals surface area contributed by atoms with Gasteiger partial charge in [-0.25, -0.2) is 0 Å². The van der Waals surface area contributed by atoms with Gasteiger partial charge in [-0.1, -0.05) is 24.3 Å². The Morgan fingerprint density at radius 2 is 2.00 bits per heavy atom. The first-order valence-electron chi connectivity index (χ1n) is 4.79. The van der Waals surface area contributed by atoms with E-state index in [0.717, 1.165) is 0 Å². The van der Waals surface area contributed by atoms with Crippen LogP contribution in [0.2, 0.25) is 0 Å². The first-order valence-corrected chi connectivity index (χ1v) is 5.17. The number of amides is 1. The zero-order chi connectivity index (χ0) is 14.0. The lowest BCUT2D eigenvalue weighted by molar-refractivity contribution is -0.173. The molecule has 0 saturated carbocycles. The monoisotopic (exact) mass is 283 g/mol. The molecule has 0 saturated heterocycles. The number of hydrogen-bond acceptors (Lipinski definition) is 2. The molecule has 100 valence electrons. The summed E-state index contributed by atoms with van der Waals surface area (Å²) in [7, 11) is 0. The molecule has 0 aliphatic heterocycles. The molecule has 2 unspecified atom stereocenters. The number of carbonyl (C=O) groups excluding carboxylic acids is 1. The van der Waals surface area contributed by atoms with Gasteiger partial charge in [-0.05, 0) is 0 Å². The largest absolute Gasteiger partial charge is 0.481 e. The van der Waals surface area contributed by atoms with Gasteiger partial charge in [-0.2, -0.15) is 13.2 Å². The van der Waals surface area contributed by atoms with Crippen LogP contribution in [0.1, 0.15) is 0 Å². The van der Waals surface area contributed by atoms with E-state index in [0.29, 0.717) is 0 Å². The third-order valence-corrected chi connectivity index (χ3v) is 2.84. The van der Waals surface area contributed by atoms with E-state index >= 15 is 0 Å². The third kappa shape index (κ3) is 3.25. The highest BCUT2D eigenvalue weighted by Gasteiger charge is 2.43. The summed E-state index contributed by atoms with van der Waals surface area (Å²) in [5, 5.41) is 10.5. The van der Waals surface area contributed by atoms with Crippen LogP contribution in [-0.4, -0.2) is 34.6 Å². The van der Waals surface area contributed by atoms with Crippen molar-refractivity contribution in [2.45, 2.75) is 11.1 Å². The Labute approximate surface area is 105 Å². The predicted octanol–water partition coefficient (Wildman–Crippen LogP) is 1.47. The second kappa shape index (κ2) is 5.01.